The van der Waals surface area contributed by atoms with E-state index in [-0.39, 0.29) is 5.56 Å². The normalized spacial score (nSPS) is 12.5. The van der Waals surface area contributed by atoms with Crippen molar-refractivity contribution in [1.82, 2.24) is 5.32 Å². The molecular formula is C11H9F6NO. The molecule has 0 fully saturated rings. The molecule has 0 bridgehead atoms. The summed E-state index contributed by atoms with van der Waals surface area (Å²) in [5, 5.41) is 1.87. The second-order valence-electron chi connectivity index (χ2n) is 3.72. The number of rotatable bonds is 4. The first-order chi connectivity index (χ1) is 8.59. The van der Waals surface area contributed by atoms with Crippen LogP contribution < -0.4 is 5.32 Å². The summed E-state index contributed by atoms with van der Waals surface area (Å²) >= 11 is 0. The van der Waals surface area contributed by atoms with Gasteiger partial charge in [-0.25, -0.2) is 0 Å². The number of Topliss-reactive ketones (excluding diaryl/α,β-unsaturated/α-hetero) is 1. The molecule has 19 heavy (non-hydrogen) atoms. The molecule has 2 nitrogen and oxygen atoms in total. The van der Waals surface area contributed by atoms with Gasteiger partial charge in [-0.1, -0.05) is 12.1 Å². The number of carbonyl (C=O) groups excluding carboxylic acids is 1. The number of halogens is 6. The molecule has 1 rings (SSSR count). The average Bonchev–Trinajstić information content (AvgIpc) is 2.26. The summed E-state index contributed by atoms with van der Waals surface area (Å²) in [6.45, 7) is -1.93. The van der Waals surface area contributed by atoms with E-state index in [1.807, 2.05) is 5.32 Å². The number of ketones is 1. The Labute approximate surface area is 104 Å². The number of carbonyl (C=O) groups is 1. The summed E-state index contributed by atoms with van der Waals surface area (Å²) in [5.74, 6) is -0.710. The molecule has 0 aromatic heterocycles. The van der Waals surface area contributed by atoms with E-state index in [0.29, 0.717) is 12.1 Å². The summed E-state index contributed by atoms with van der Waals surface area (Å²) in [4.78, 5) is 11.4. The highest BCUT2D eigenvalue weighted by atomic mass is 19.4. The van der Waals surface area contributed by atoms with Crippen LogP contribution in [-0.4, -0.2) is 25.0 Å². The molecule has 0 unspecified atom stereocenters. The van der Waals surface area contributed by atoms with Crippen molar-refractivity contribution in [2.24, 2.45) is 0 Å². The molecule has 1 N–H and O–H groups in total. The Morgan fingerprint density at radius 3 is 1.95 bits per heavy atom. The maximum absolute atomic E-state index is 12.2. The highest BCUT2D eigenvalue weighted by Crippen LogP contribution is 2.29. The summed E-state index contributed by atoms with van der Waals surface area (Å²) < 4.78 is 72.1. The number of hydrogen-bond donors (Lipinski definition) is 1. The van der Waals surface area contributed by atoms with Crippen molar-refractivity contribution in [3.63, 3.8) is 0 Å². The molecule has 1 aromatic carbocycles. The van der Waals surface area contributed by atoms with Gasteiger partial charge in [-0.2, -0.15) is 26.3 Å². The molecule has 0 saturated carbocycles. The van der Waals surface area contributed by atoms with Gasteiger partial charge >= 0.3 is 12.4 Å². The average molecular weight is 285 g/mol. The molecule has 0 aliphatic rings. The molecule has 8 heteroatoms. The zero-order valence-corrected chi connectivity index (χ0v) is 9.40. The SMILES string of the molecule is O=C(CNCC(F)(F)F)c1ccc(C(F)(F)F)cc1. The lowest BCUT2D eigenvalue weighted by Gasteiger charge is -2.09. The number of alkyl halides is 6. The zero-order valence-electron chi connectivity index (χ0n) is 9.40. The van der Waals surface area contributed by atoms with Gasteiger partial charge in [0.05, 0.1) is 18.7 Å². The standard InChI is InChI=1S/C11H9F6NO/c12-10(13,14)6-18-5-9(19)7-1-3-8(4-2-7)11(15,16)17/h1-4,18H,5-6H2. The van der Waals surface area contributed by atoms with Crippen LogP contribution in [0.2, 0.25) is 0 Å². The van der Waals surface area contributed by atoms with Gasteiger partial charge in [0, 0.05) is 5.56 Å². The topological polar surface area (TPSA) is 29.1 Å². The molecule has 0 aliphatic heterocycles. The Kier molecular flexibility index (Phi) is 4.56. The Hall–Kier alpha value is -1.57. The largest absolute Gasteiger partial charge is 0.416 e. The van der Waals surface area contributed by atoms with E-state index >= 15 is 0 Å². The van der Waals surface area contributed by atoms with Crippen LogP contribution in [0.15, 0.2) is 24.3 Å². The lowest BCUT2D eigenvalue weighted by atomic mass is 10.1. The van der Waals surface area contributed by atoms with E-state index < -0.39 is 36.8 Å². The third-order valence-corrected chi connectivity index (χ3v) is 2.15. The highest BCUT2D eigenvalue weighted by Gasteiger charge is 2.30. The van der Waals surface area contributed by atoms with Gasteiger partial charge in [0.2, 0.25) is 0 Å². The van der Waals surface area contributed by atoms with E-state index in [4.69, 9.17) is 0 Å². The lowest BCUT2D eigenvalue weighted by molar-refractivity contribution is -0.137. The third kappa shape index (κ3) is 5.29. The van der Waals surface area contributed by atoms with E-state index in [1.165, 1.54) is 0 Å². The predicted octanol–water partition coefficient (Wildman–Crippen LogP) is 3.04. The second kappa shape index (κ2) is 5.60. The van der Waals surface area contributed by atoms with Crippen molar-refractivity contribution in [3.8, 4) is 0 Å². The van der Waals surface area contributed by atoms with Crippen molar-refractivity contribution >= 4 is 5.78 Å². The summed E-state index contributed by atoms with van der Waals surface area (Å²) in [5.41, 5.74) is -1.00. The lowest BCUT2D eigenvalue weighted by Crippen LogP contribution is -2.32. The minimum absolute atomic E-state index is 0.0809. The molecule has 0 saturated heterocycles. The summed E-state index contributed by atoms with van der Waals surface area (Å²) in [7, 11) is 0. The van der Waals surface area contributed by atoms with E-state index in [1.54, 1.807) is 0 Å². The first-order valence-corrected chi connectivity index (χ1v) is 5.07. The molecule has 0 aliphatic carbocycles. The summed E-state index contributed by atoms with van der Waals surface area (Å²) in [6, 6.07) is 3.27. The van der Waals surface area contributed by atoms with Gasteiger partial charge in [-0.15, -0.1) is 0 Å². The quantitative estimate of drug-likeness (QED) is 0.680. The van der Waals surface area contributed by atoms with Crippen LogP contribution in [0.25, 0.3) is 0 Å². The van der Waals surface area contributed by atoms with Crippen molar-refractivity contribution in [2.45, 2.75) is 12.4 Å². The minimum atomic E-state index is -4.52. The second-order valence-corrected chi connectivity index (χ2v) is 3.72. The predicted molar refractivity (Wildman–Crippen MR) is 54.7 cm³/mol. The van der Waals surface area contributed by atoms with Crippen molar-refractivity contribution in [3.05, 3.63) is 35.4 Å². The third-order valence-electron chi connectivity index (χ3n) is 2.15. The van der Waals surface area contributed by atoms with Gasteiger partial charge in [0.15, 0.2) is 5.78 Å². The summed E-state index contributed by atoms with van der Waals surface area (Å²) in [6.07, 6.45) is -8.96. The Morgan fingerprint density at radius 2 is 1.53 bits per heavy atom. The molecule has 0 radical (unpaired) electrons. The molecule has 0 amide bonds. The molecule has 0 heterocycles. The smallest absolute Gasteiger partial charge is 0.302 e. The first kappa shape index (κ1) is 15.5. The van der Waals surface area contributed by atoms with E-state index in [0.717, 1.165) is 12.1 Å². The van der Waals surface area contributed by atoms with Gasteiger partial charge in [0.25, 0.3) is 0 Å². The fraction of sp³-hybridized carbons (Fsp3) is 0.364. The van der Waals surface area contributed by atoms with Crippen molar-refractivity contribution in [2.75, 3.05) is 13.1 Å². The van der Waals surface area contributed by atoms with Gasteiger partial charge in [-0.05, 0) is 12.1 Å². The van der Waals surface area contributed by atoms with E-state index in [9.17, 15) is 31.1 Å². The fourth-order valence-corrected chi connectivity index (χ4v) is 1.26. The van der Waals surface area contributed by atoms with Crippen LogP contribution in [0.3, 0.4) is 0 Å². The molecule has 106 valence electrons. The fourth-order valence-electron chi connectivity index (χ4n) is 1.26. The first-order valence-electron chi connectivity index (χ1n) is 5.07. The van der Waals surface area contributed by atoms with Crippen LogP contribution in [-0.2, 0) is 6.18 Å². The van der Waals surface area contributed by atoms with Crippen molar-refractivity contribution in [1.29, 1.82) is 0 Å². The van der Waals surface area contributed by atoms with Crippen molar-refractivity contribution < 1.29 is 31.1 Å². The van der Waals surface area contributed by atoms with Gasteiger partial charge < -0.3 is 5.32 Å². The highest BCUT2D eigenvalue weighted by molar-refractivity contribution is 5.97. The van der Waals surface area contributed by atoms with E-state index in [2.05, 4.69) is 0 Å². The van der Waals surface area contributed by atoms with Crippen LogP contribution in [0.1, 0.15) is 15.9 Å². The maximum Gasteiger partial charge on any atom is 0.416 e. The monoisotopic (exact) mass is 285 g/mol. The number of hydrogen-bond acceptors (Lipinski definition) is 2. The molecular weight excluding hydrogens is 276 g/mol. The maximum atomic E-state index is 12.2. The molecule has 1 aromatic rings. The Bertz CT molecular complexity index is 434. The number of benzene rings is 1. The van der Waals surface area contributed by atoms with Crippen LogP contribution in [0, 0.1) is 0 Å². The Morgan fingerprint density at radius 1 is 1.00 bits per heavy atom. The van der Waals surface area contributed by atoms with Crippen LogP contribution in [0.4, 0.5) is 26.3 Å². The minimum Gasteiger partial charge on any atom is -0.302 e. The van der Waals surface area contributed by atoms with Crippen LogP contribution in [0.5, 0.6) is 0 Å². The van der Waals surface area contributed by atoms with Gasteiger partial charge in [0.1, 0.15) is 0 Å². The van der Waals surface area contributed by atoms with Gasteiger partial charge in [-0.3, -0.25) is 4.79 Å². The van der Waals surface area contributed by atoms with Crippen LogP contribution >= 0.6 is 0 Å². The number of nitrogens with one attached hydrogen (secondary N) is 1. The molecule has 0 spiro atoms. The Balaban J connectivity index is 2.59. The zero-order chi connectivity index (χ0) is 14.7. The molecule has 0 atom stereocenters.